The first-order valence-electron chi connectivity index (χ1n) is 9.17. The van der Waals surface area contributed by atoms with Gasteiger partial charge in [0, 0.05) is 19.0 Å². The van der Waals surface area contributed by atoms with Crippen LogP contribution in [0.4, 0.5) is 13.2 Å². The summed E-state index contributed by atoms with van der Waals surface area (Å²) in [5.74, 6) is -0.618. The smallest absolute Gasteiger partial charge is 0.352 e. The van der Waals surface area contributed by atoms with Gasteiger partial charge in [0.1, 0.15) is 0 Å². The van der Waals surface area contributed by atoms with E-state index in [0.29, 0.717) is 24.9 Å². The summed E-state index contributed by atoms with van der Waals surface area (Å²) in [7, 11) is 0. The predicted octanol–water partition coefficient (Wildman–Crippen LogP) is 3.70. The van der Waals surface area contributed by atoms with Crippen molar-refractivity contribution < 1.29 is 22.8 Å². The van der Waals surface area contributed by atoms with Crippen LogP contribution in [-0.2, 0) is 15.8 Å². The van der Waals surface area contributed by atoms with Crippen LogP contribution < -0.4 is 5.32 Å². The van der Waals surface area contributed by atoms with E-state index in [0.717, 1.165) is 25.0 Å². The van der Waals surface area contributed by atoms with E-state index in [4.69, 9.17) is 0 Å². The molecular formula is C20H23F3N2O2. The fourth-order valence-electron chi connectivity index (χ4n) is 3.58. The molecule has 1 aromatic carbocycles. The number of rotatable bonds is 5. The second-order valence-electron chi connectivity index (χ2n) is 7.21. The monoisotopic (exact) mass is 380 g/mol. The van der Waals surface area contributed by atoms with Gasteiger partial charge >= 0.3 is 6.18 Å². The Morgan fingerprint density at radius 3 is 2.52 bits per heavy atom. The van der Waals surface area contributed by atoms with E-state index in [-0.39, 0.29) is 30.2 Å². The van der Waals surface area contributed by atoms with Crippen LogP contribution in [0.1, 0.15) is 42.9 Å². The van der Waals surface area contributed by atoms with Crippen molar-refractivity contribution in [3.05, 3.63) is 48.0 Å². The lowest BCUT2D eigenvalue weighted by molar-refractivity contribution is -0.140. The zero-order valence-corrected chi connectivity index (χ0v) is 15.0. The number of piperidine rings is 1. The molecule has 146 valence electrons. The SMILES string of the molecule is C=CCNC(=O)C1CCC(c2cccc(C(F)(F)F)c2)N(C(=O)C2CC2)C1. The molecule has 7 heteroatoms. The Labute approximate surface area is 156 Å². The van der Waals surface area contributed by atoms with E-state index < -0.39 is 17.8 Å². The highest BCUT2D eigenvalue weighted by molar-refractivity contribution is 5.84. The average molecular weight is 380 g/mol. The minimum atomic E-state index is -4.43. The van der Waals surface area contributed by atoms with Gasteiger partial charge in [-0.1, -0.05) is 18.2 Å². The third kappa shape index (κ3) is 4.51. The molecule has 0 bridgehead atoms. The number of hydrogen-bond donors (Lipinski definition) is 1. The Morgan fingerprint density at radius 2 is 1.89 bits per heavy atom. The van der Waals surface area contributed by atoms with Crippen LogP contribution in [0.15, 0.2) is 36.9 Å². The van der Waals surface area contributed by atoms with Crippen LogP contribution >= 0.6 is 0 Å². The molecule has 0 spiro atoms. The maximum atomic E-state index is 13.1. The molecule has 0 radical (unpaired) electrons. The zero-order valence-electron chi connectivity index (χ0n) is 15.0. The van der Waals surface area contributed by atoms with E-state index in [9.17, 15) is 22.8 Å². The van der Waals surface area contributed by atoms with Crippen LogP contribution in [0.3, 0.4) is 0 Å². The van der Waals surface area contributed by atoms with E-state index in [1.165, 1.54) is 6.07 Å². The molecule has 0 aromatic heterocycles. The summed E-state index contributed by atoms with van der Waals surface area (Å²) in [6.45, 7) is 4.15. The normalized spacial score (nSPS) is 23.0. The molecule has 1 aliphatic heterocycles. The first kappa shape index (κ1) is 19.5. The van der Waals surface area contributed by atoms with Gasteiger partial charge in [0.05, 0.1) is 17.5 Å². The average Bonchev–Trinajstić information content (AvgIpc) is 3.49. The minimum absolute atomic E-state index is 0.0568. The highest BCUT2D eigenvalue weighted by atomic mass is 19.4. The number of amides is 2. The molecule has 4 nitrogen and oxygen atoms in total. The molecule has 1 aromatic rings. The molecule has 1 saturated carbocycles. The quantitative estimate of drug-likeness (QED) is 0.792. The van der Waals surface area contributed by atoms with E-state index in [2.05, 4.69) is 11.9 Å². The van der Waals surface area contributed by atoms with Crippen molar-refractivity contribution in [2.75, 3.05) is 13.1 Å². The van der Waals surface area contributed by atoms with Crippen molar-refractivity contribution in [2.45, 2.75) is 37.9 Å². The molecule has 1 N–H and O–H groups in total. The molecule has 27 heavy (non-hydrogen) atoms. The van der Waals surface area contributed by atoms with Gasteiger partial charge in [0.25, 0.3) is 0 Å². The van der Waals surface area contributed by atoms with Crippen molar-refractivity contribution in [3.8, 4) is 0 Å². The second kappa shape index (κ2) is 7.74. The topological polar surface area (TPSA) is 49.4 Å². The number of halogens is 3. The molecule has 1 saturated heterocycles. The van der Waals surface area contributed by atoms with Crippen molar-refractivity contribution in [3.63, 3.8) is 0 Å². The summed E-state index contributed by atoms with van der Waals surface area (Å²) in [4.78, 5) is 26.7. The summed E-state index contributed by atoms with van der Waals surface area (Å²) in [5.41, 5.74) is -0.242. The zero-order chi connectivity index (χ0) is 19.6. The first-order valence-corrected chi connectivity index (χ1v) is 9.17. The predicted molar refractivity (Wildman–Crippen MR) is 94.6 cm³/mol. The standard InChI is InChI=1S/C20H23F3N2O2/c1-2-10-24-18(26)15-8-9-17(25(12-15)19(27)13-6-7-13)14-4-3-5-16(11-14)20(21,22)23/h2-5,11,13,15,17H,1,6-10,12H2,(H,24,26). The maximum Gasteiger partial charge on any atom is 0.416 e. The second-order valence-corrected chi connectivity index (χ2v) is 7.21. The molecule has 2 atom stereocenters. The third-order valence-corrected chi connectivity index (χ3v) is 5.18. The lowest BCUT2D eigenvalue weighted by atomic mass is 9.87. The van der Waals surface area contributed by atoms with Crippen LogP contribution in [0.5, 0.6) is 0 Å². The number of carbonyl (C=O) groups excluding carboxylic acids is 2. The molecule has 2 unspecified atom stereocenters. The van der Waals surface area contributed by atoms with Gasteiger partial charge in [-0.25, -0.2) is 0 Å². The number of hydrogen-bond acceptors (Lipinski definition) is 2. The summed E-state index contributed by atoms with van der Waals surface area (Å²) < 4.78 is 39.2. The van der Waals surface area contributed by atoms with Gasteiger partial charge in [-0.15, -0.1) is 6.58 Å². The number of nitrogens with zero attached hydrogens (tertiary/aromatic N) is 1. The molecular weight excluding hydrogens is 357 g/mol. The van der Waals surface area contributed by atoms with Gasteiger partial charge in [-0.05, 0) is 43.4 Å². The van der Waals surface area contributed by atoms with E-state index in [1.54, 1.807) is 17.0 Å². The maximum absolute atomic E-state index is 13.1. The Bertz CT molecular complexity index is 728. The molecule has 2 fully saturated rings. The van der Waals surface area contributed by atoms with Gasteiger partial charge in [0.15, 0.2) is 0 Å². The molecule has 1 aliphatic carbocycles. The molecule has 1 heterocycles. The highest BCUT2D eigenvalue weighted by Crippen LogP contribution is 2.40. The molecule has 2 amide bonds. The summed E-state index contributed by atoms with van der Waals surface area (Å²) in [6.07, 6.45) is -0.247. The number of benzene rings is 1. The number of likely N-dealkylation sites (tertiary alicyclic amines) is 1. The number of nitrogens with one attached hydrogen (secondary N) is 1. The lowest BCUT2D eigenvalue weighted by Gasteiger charge is -2.40. The van der Waals surface area contributed by atoms with Crippen molar-refractivity contribution in [1.29, 1.82) is 0 Å². The first-order chi connectivity index (χ1) is 12.8. The summed E-state index contributed by atoms with van der Waals surface area (Å²) in [5, 5.41) is 2.75. The van der Waals surface area contributed by atoms with Crippen LogP contribution in [0.25, 0.3) is 0 Å². The van der Waals surface area contributed by atoms with E-state index in [1.807, 2.05) is 0 Å². The number of alkyl halides is 3. The lowest BCUT2D eigenvalue weighted by Crippen LogP contribution is -2.47. The van der Waals surface area contributed by atoms with Crippen molar-refractivity contribution in [1.82, 2.24) is 10.2 Å². The van der Waals surface area contributed by atoms with Gasteiger partial charge in [0.2, 0.25) is 11.8 Å². The summed E-state index contributed by atoms with van der Waals surface area (Å²) in [6, 6.07) is 4.73. The highest BCUT2D eigenvalue weighted by Gasteiger charge is 2.41. The number of carbonyl (C=O) groups is 2. The van der Waals surface area contributed by atoms with Crippen molar-refractivity contribution >= 4 is 11.8 Å². The molecule has 3 rings (SSSR count). The van der Waals surface area contributed by atoms with Gasteiger partial charge in [-0.3, -0.25) is 9.59 Å². The van der Waals surface area contributed by atoms with Gasteiger partial charge < -0.3 is 10.2 Å². The van der Waals surface area contributed by atoms with E-state index >= 15 is 0 Å². The Kier molecular flexibility index (Phi) is 5.58. The van der Waals surface area contributed by atoms with Gasteiger partial charge in [-0.2, -0.15) is 13.2 Å². The van der Waals surface area contributed by atoms with Crippen LogP contribution in [-0.4, -0.2) is 29.8 Å². The Hall–Kier alpha value is -2.31. The minimum Gasteiger partial charge on any atom is -0.352 e. The fraction of sp³-hybridized carbons (Fsp3) is 0.500. The molecule has 2 aliphatic rings. The third-order valence-electron chi connectivity index (χ3n) is 5.18. The Morgan fingerprint density at radius 1 is 1.19 bits per heavy atom. The fourth-order valence-corrected chi connectivity index (χ4v) is 3.58. The van der Waals surface area contributed by atoms with Crippen LogP contribution in [0, 0.1) is 11.8 Å². The Balaban J connectivity index is 1.83. The summed E-state index contributed by atoms with van der Waals surface area (Å²) >= 11 is 0. The largest absolute Gasteiger partial charge is 0.416 e. The van der Waals surface area contributed by atoms with Crippen LogP contribution in [0.2, 0.25) is 0 Å². The van der Waals surface area contributed by atoms with Crippen molar-refractivity contribution in [2.24, 2.45) is 11.8 Å².